The van der Waals surface area contributed by atoms with Crippen molar-refractivity contribution in [1.82, 2.24) is 0 Å². The van der Waals surface area contributed by atoms with Crippen LogP contribution in [-0.2, 0) is 0 Å². The third-order valence-electron chi connectivity index (χ3n) is 9.16. The number of anilines is 3. The molecule has 0 saturated heterocycles. The summed E-state index contributed by atoms with van der Waals surface area (Å²) in [5, 5.41) is 8.96. The number of halogens is 3. The summed E-state index contributed by atoms with van der Waals surface area (Å²) >= 11 is 0. The summed E-state index contributed by atoms with van der Waals surface area (Å²) in [6.07, 6.45) is -4.78. The molecule has 0 N–H and O–H groups in total. The van der Waals surface area contributed by atoms with E-state index in [1.54, 1.807) is 12.1 Å². The van der Waals surface area contributed by atoms with Crippen molar-refractivity contribution in [3.8, 4) is 16.9 Å². The summed E-state index contributed by atoms with van der Waals surface area (Å²) in [7, 11) is 0. The molecule has 0 atom stereocenters. The molecule has 9 aromatic rings. The van der Waals surface area contributed by atoms with E-state index in [1.807, 2.05) is 47.4 Å². The number of fused-ring (bicyclic) bond motifs is 9. The Labute approximate surface area is 279 Å². The Morgan fingerprint density at radius 2 is 0.959 bits per heavy atom. The Morgan fingerprint density at radius 3 is 1.59 bits per heavy atom. The van der Waals surface area contributed by atoms with E-state index in [1.165, 1.54) is 17.5 Å². The zero-order valence-electron chi connectivity index (χ0n) is 25.9. The van der Waals surface area contributed by atoms with E-state index in [0.717, 1.165) is 71.4 Å². The van der Waals surface area contributed by atoms with Crippen LogP contribution in [0.1, 0.15) is 0 Å². The molecule has 0 spiro atoms. The molecule has 49 heavy (non-hydrogen) atoms. The van der Waals surface area contributed by atoms with E-state index in [0.29, 0.717) is 5.69 Å². The lowest BCUT2D eigenvalue weighted by molar-refractivity contribution is -0.274. The maximum atomic E-state index is 13.0. The maximum absolute atomic E-state index is 13.0. The quantitative estimate of drug-likeness (QED) is 0.174. The number of hydrogen-bond acceptors (Lipinski definition) is 3. The van der Waals surface area contributed by atoms with Crippen LogP contribution in [0, 0.1) is 0 Å². The number of benzene rings is 8. The molecule has 0 amide bonds. The molecule has 1 heterocycles. The first-order valence-corrected chi connectivity index (χ1v) is 15.9. The van der Waals surface area contributed by atoms with Gasteiger partial charge in [-0.25, -0.2) is 0 Å². The van der Waals surface area contributed by atoms with Crippen LogP contribution in [0.4, 0.5) is 30.2 Å². The van der Waals surface area contributed by atoms with Gasteiger partial charge in [0.15, 0.2) is 0 Å². The van der Waals surface area contributed by atoms with Crippen LogP contribution in [0.15, 0.2) is 162 Å². The van der Waals surface area contributed by atoms with Crippen LogP contribution in [-0.4, -0.2) is 6.36 Å². The molecule has 0 saturated carbocycles. The van der Waals surface area contributed by atoms with Gasteiger partial charge in [0, 0.05) is 33.4 Å². The molecule has 3 nitrogen and oxygen atoms in total. The monoisotopic (exact) mass is 645 g/mol. The highest BCUT2D eigenvalue weighted by atomic mass is 19.4. The number of hydrogen-bond donors (Lipinski definition) is 0. The third kappa shape index (κ3) is 5.00. The number of alkyl halides is 3. The Balaban J connectivity index is 1.20. The van der Waals surface area contributed by atoms with Crippen molar-refractivity contribution in [3.05, 3.63) is 158 Å². The van der Waals surface area contributed by atoms with Crippen LogP contribution in [0.2, 0.25) is 0 Å². The minimum Gasteiger partial charge on any atom is -0.455 e. The Morgan fingerprint density at radius 1 is 0.449 bits per heavy atom. The predicted molar refractivity (Wildman–Crippen MR) is 193 cm³/mol. The van der Waals surface area contributed by atoms with Gasteiger partial charge < -0.3 is 14.1 Å². The summed E-state index contributed by atoms with van der Waals surface area (Å²) in [4.78, 5) is 2.05. The fraction of sp³-hybridized carbons (Fsp3) is 0.0233. The first kappa shape index (κ1) is 28.9. The lowest BCUT2D eigenvalue weighted by atomic mass is 9.94. The number of furan rings is 1. The van der Waals surface area contributed by atoms with Gasteiger partial charge in [0.2, 0.25) is 0 Å². The maximum Gasteiger partial charge on any atom is 0.573 e. The fourth-order valence-electron chi connectivity index (χ4n) is 7.04. The van der Waals surface area contributed by atoms with Crippen molar-refractivity contribution in [2.45, 2.75) is 6.36 Å². The van der Waals surface area contributed by atoms with Gasteiger partial charge in [-0.1, -0.05) is 103 Å². The average Bonchev–Trinajstić information content (AvgIpc) is 3.51. The highest BCUT2D eigenvalue weighted by molar-refractivity contribution is 6.25. The molecule has 9 rings (SSSR count). The smallest absolute Gasteiger partial charge is 0.455 e. The lowest BCUT2D eigenvalue weighted by Gasteiger charge is -2.26. The topological polar surface area (TPSA) is 25.6 Å². The molecule has 0 aliphatic carbocycles. The molecule has 0 radical (unpaired) electrons. The van der Waals surface area contributed by atoms with Crippen molar-refractivity contribution in [2.75, 3.05) is 4.90 Å². The number of ether oxygens (including phenoxy) is 1. The summed E-state index contributed by atoms with van der Waals surface area (Å²) < 4.78 is 49.5. The van der Waals surface area contributed by atoms with Gasteiger partial charge in [-0.3, -0.25) is 0 Å². The van der Waals surface area contributed by atoms with Crippen molar-refractivity contribution in [3.63, 3.8) is 0 Å². The molecule has 0 aliphatic heterocycles. The number of para-hydroxylation sites is 2. The predicted octanol–water partition coefficient (Wildman–Crippen LogP) is 13.1. The Kier molecular flexibility index (Phi) is 6.59. The second-order valence-electron chi connectivity index (χ2n) is 12.0. The lowest BCUT2D eigenvalue weighted by Crippen LogP contribution is -2.17. The molecule has 0 unspecified atom stereocenters. The Bertz CT molecular complexity index is 2640. The SMILES string of the molecule is FC(F)(F)Oc1ccc(N(c2ccc(-c3cccc4c3oc3ccccc34)cc2)c2ccc3c4ccccc4c4ccccc4c3c2)cc1. The van der Waals surface area contributed by atoms with E-state index >= 15 is 0 Å². The third-order valence-corrected chi connectivity index (χ3v) is 9.16. The average molecular weight is 646 g/mol. The highest BCUT2D eigenvalue weighted by Crippen LogP contribution is 2.42. The Hall–Kier alpha value is -6.27. The number of nitrogens with zero attached hydrogens (tertiary/aromatic N) is 1. The zero-order valence-corrected chi connectivity index (χ0v) is 25.9. The first-order valence-electron chi connectivity index (χ1n) is 15.9. The minimum absolute atomic E-state index is 0.276. The van der Waals surface area contributed by atoms with Crippen molar-refractivity contribution < 1.29 is 22.3 Å². The standard InChI is InChI=1S/C43H26F3NO2/c44-43(45,46)49-31-23-20-29(21-24-31)47(30-22-25-37-35-10-2-1-8-33(35)34-9-3-4-11-36(34)40(37)26-30)28-18-16-27(17-19-28)32-13-7-14-39-38-12-5-6-15-41(38)48-42(32)39/h1-26H. The molecule has 6 heteroatoms. The van der Waals surface area contributed by atoms with E-state index in [4.69, 9.17) is 4.42 Å². The van der Waals surface area contributed by atoms with Crippen LogP contribution in [0.5, 0.6) is 5.75 Å². The first-order chi connectivity index (χ1) is 23.9. The van der Waals surface area contributed by atoms with Crippen molar-refractivity contribution in [1.29, 1.82) is 0 Å². The summed E-state index contributed by atoms with van der Waals surface area (Å²) in [5.74, 6) is -0.276. The minimum atomic E-state index is -4.78. The van der Waals surface area contributed by atoms with E-state index in [2.05, 4.69) is 95.7 Å². The van der Waals surface area contributed by atoms with Crippen molar-refractivity contribution >= 4 is 71.3 Å². The molecule has 1 aromatic heterocycles. The van der Waals surface area contributed by atoms with Crippen LogP contribution < -0.4 is 9.64 Å². The molecular formula is C43H26F3NO2. The molecule has 0 bridgehead atoms. The van der Waals surface area contributed by atoms with Gasteiger partial charge in [0.25, 0.3) is 0 Å². The van der Waals surface area contributed by atoms with Gasteiger partial charge in [0.05, 0.1) is 0 Å². The van der Waals surface area contributed by atoms with Gasteiger partial charge >= 0.3 is 6.36 Å². The van der Waals surface area contributed by atoms with Gasteiger partial charge in [0.1, 0.15) is 16.9 Å². The zero-order chi connectivity index (χ0) is 33.1. The largest absolute Gasteiger partial charge is 0.573 e. The van der Waals surface area contributed by atoms with Crippen LogP contribution in [0.25, 0.3) is 65.4 Å². The normalized spacial score (nSPS) is 12.0. The van der Waals surface area contributed by atoms with E-state index in [-0.39, 0.29) is 5.75 Å². The van der Waals surface area contributed by atoms with Gasteiger partial charge in [-0.15, -0.1) is 13.2 Å². The second kappa shape index (κ2) is 11.2. The molecule has 236 valence electrons. The summed E-state index contributed by atoms with van der Waals surface area (Å²) in [6.45, 7) is 0. The number of rotatable bonds is 5. The highest BCUT2D eigenvalue weighted by Gasteiger charge is 2.31. The molecule has 8 aromatic carbocycles. The van der Waals surface area contributed by atoms with E-state index < -0.39 is 6.36 Å². The summed E-state index contributed by atoms with van der Waals surface area (Å²) in [6, 6.07) is 51.4. The van der Waals surface area contributed by atoms with Crippen LogP contribution in [0.3, 0.4) is 0 Å². The fourth-order valence-corrected chi connectivity index (χ4v) is 7.04. The molecule has 0 aliphatic rings. The second-order valence-corrected chi connectivity index (χ2v) is 12.0. The van der Waals surface area contributed by atoms with Gasteiger partial charge in [-0.2, -0.15) is 0 Å². The molecular weight excluding hydrogens is 619 g/mol. The van der Waals surface area contributed by atoms with Crippen molar-refractivity contribution in [2.24, 2.45) is 0 Å². The van der Waals surface area contributed by atoms with E-state index in [9.17, 15) is 13.2 Å². The van der Waals surface area contributed by atoms with Crippen LogP contribution >= 0.6 is 0 Å². The summed E-state index contributed by atoms with van der Waals surface area (Å²) in [5.41, 5.74) is 6.01. The van der Waals surface area contributed by atoms with Gasteiger partial charge in [-0.05, 0) is 92.5 Å². The molecule has 0 fully saturated rings.